The first-order valence-corrected chi connectivity index (χ1v) is 7.89. The average Bonchev–Trinajstić information content (AvgIpc) is 2.42. The van der Waals surface area contributed by atoms with Crippen molar-refractivity contribution in [2.45, 2.75) is 50.7 Å². The summed E-state index contributed by atoms with van der Waals surface area (Å²) in [5.41, 5.74) is 3.94. The molecule has 0 aliphatic heterocycles. The second-order valence-electron chi connectivity index (χ2n) is 7.11. The Morgan fingerprint density at radius 1 is 1.25 bits per heavy atom. The van der Waals surface area contributed by atoms with Crippen LogP contribution in [-0.4, -0.2) is 10.7 Å². The van der Waals surface area contributed by atoms with Crippen molar-refractivity contribution < 1.29 is 5.11 Å². The molecule has 2 N–H and O–H groups in total. The van der Waals surface area contributed by atoms with Crippen molar-refractivity contribution in [1.82, 2.24) is 5.32 Å². The quantitative estimate of drug-likeness (QED) is 0.879. The van der Waals surface area contributed by atoms with Gasteiger partial charge < -0.3 is 10.4 Å². The maximum Gasteiger partial charge on any atom is 0.0694 e. The van der Waals surface area contributed by atoms with E-state index in [2.05, 4.69) is 42.6 Å². The van der Waals surface area contributed by atoms with Crippen molar-refractivity contribution in [2.75, 3.05) is 0 Å². The van der Waals surface area contributed by atoms with Gasteiger partial charge in [0.05, 0.1) is 5.60 Å². The summed E-state index contributed by atoms with van der Waals surface area (Å²) < 4.78 is 0. The minimum Gasteiger partial charge on any atom is -0.390 e. The van der Waals surface area contributed by atoms with Crippen LogP contribution < -0.4 is 5.32 Å². The van der Waals surface area contributed by atoms with E-state index in [-0.39, 0.29) is 5.60 Å². The molecule has 4 atom stereocenters. The SMILES string of the molecule is C[C@H](NC1=C2C[C@H]3C[C@@H]1C[C@@](O)(C2)C3)c1ccccc1. The molecular weight excluding hydrogens is 246 g/mol. The van der Waals surface area contributed by atoms with E-state index in [1.165, 1.54) is 29.7 Å². The van der Waals surface area contributed by atoms with Gasteiger partial charge in [-0.15, -0.1) is 0 Å². The summed E-state index contributed by atoms with van der Waals surface area (Å²) in [4.78, 5) is 0. The Balaban J connectivity index is 1.59. The van der Waals surface area contributed by atoms with Gasteiger partial charge in [0.1, 0.15) is 0 Å². The van der Waals surface area contributed by atoms with Crippen LogP contribution in [0, 0.1) is 11.8 Å². The third kappa shape index (κ3) is 1.98. The molecule has 5 rings (SSSR count). The highest BCUT2D eigenvalue weighted by Crippen LogP contribution is 2.55. The molecule has 0 radical (unpaired) electrons. The van der Waals surface area contributed by atoms with Gasteiger partial charge in [-0.3, -0.25) is 0 Å². The number of allylic oxidation sites excluding steroid dienone is 1. The Bertz CT molecular complexity index is 550. The minimum absolute atomic E-state index is 0.353. The van der Waals surface area contributed by atoms with Gasteiger partial charge in [-0.1, -0.05) is 30.3 Å². The van der Waals surface area contributed by atoms with Gasteiger partial charge in [0, 0.05) is 17.7 Å². The Morgan fingerprint density at radius 2 is 2.05 bits per heavy atom. The first-order valence-electron chi connectivity index (χ1n) is 7.89. The maximum atomic E-state index is 10.6. The molecule has 1 aromatic rings. The molecule has 2 nitrogen and oxygen atoms in total. The fourth-order valence-electron chi connectivity index (χ4n) is 4.76. The predicted molar refractivity (Wildman–Crippen MR) is 80.0 cm³/mol. The van der Waals surface area contributed by atoms with E-state index in [0.29, 0.717) is 12.0 Å². The zero-order valence-corrected chi connectivity index (χ0v) is 12.1. The van der Waals surface area contributed by atoms with Crippen LogP contribution in [-0.2, 0) is 0 Å². The molecule has 0 aromatic heterocycles. The fourth-order valence-corrected chi connectivity index (χ4v) is 4.76. The van der Waals surface area contributed by atoms with Crippen LogP contribution in [0.1, 0.15) is 50.6 Å². The standard InChI is InChI=1S/C18H23NO/c1-12(14-5-3-2-4-6-14)19-17-15-7-13-8-16(17)11-18(20,9-13)10-15/h2-6,12-13,15,19-20H,7-11H2,1H3/t12-,13+,15+,18+/m0/s1. The van der Waals surface area contributed by atoms with Crippen LogP contribution in [0.5, 0.6) is 0 Å². The van der Waals surface area contributed by atoms with Gasteiger partial charge in [-0.05, 0) is 56.1 Å². The van der Waals surface area contributed by atoms with Crippen molar-refractivity contribution in [2.24, 2.45) is 11.8 Å². The molecular formula is C18H23NO. The second-order valence-corrected chi connectivity index (χ2v) is 7.11. The smallest absolute Gasteiger partial charge is 0.0694 e. The van der Waals surface area contributed by atoms with Crippen molar-refractivity contribution in [3.05, 3.63) is 47.2 Å². The molecule has 4 aliphatic rings. The van der Waals surface area contributed by atoms with E-state index in [1.807, 2.05) is 0 Å². The van der Waals surface area contributed by atoms with Crippen molar-refractivity contribution in [1.29, 1.82) is 0 Å². The average molecular weight is 269 g/mol. The molecule has 106 valence electrons. The maximum absolute atomic E-state index is 10.6. The van der Waals surface area contributed by atoms with E-state index >= 15 is 0 Å². The summed E-state index contributed by atoms with van der Waals surface area (Å²) in [6, 6.07) is 11.0. The third-order valence-electron chi connectivity index (χ3n) is 5.45. The molecule has 20 heavy (non-hydrogen) atoms. The Kier molecular flexibility index (Phi) is 2.71. The summed E-state index contributed by atoms with van der Waals surface area (Å²) in [5.74, 6) is 1.31. The number of aliphatic hydroxyl groups is 1. The molecule has 0 amide bonds. The second kappa shape index (κ2) is 4.36. The lowest BCUT2D eigenvalue weighted by Gasteiger charge is -2.52. The van der Waals surface area contributed by atoms with E-state index in [4.69, 9.17) is 0 Å². The highest BCUT2D eigenvalue weighted by atomic mass is 16.3. The number of rotatable bonds is 3. The Labute approximate surface area is 120 Å². The number of benzene rings is 1. The summed E-state index contributed by atoms with van der Waals surface area (Å²) in [6.07, 6.45) is 5.40. The van der Waals surface area contributed by atoms with Crippen LogP contribution >= 0.6 is 0 Å². The molecule has 2 fully saturated rings. The lowest BCUT2D eigenvalue weighted by atomic mass is 9.57. The number of hydrogen-bond acceptors (Lipinski definition) is 2. The highest BCUT2D eigenvalue weighted by Gasteiger charge is 2.49. The zero-order valence-electron chi connectivity index (χ0n) is 12.1. The lowest BCUT2D eigenvalue weighted by Crippen LogP contribution is -2.50. The number of nitrogens with one attached hydrogen (secondary N) is 1. The lowest BCUT2D eigenvalue weighted by molar-refractivity contribution is -0.0587. The van der Waals surface area contributed by atoms with Crippen molar-refractivity contribution >= 4 is 0 Å². The predicted octanol–water partition coefficient (Wildman–Crippen LogP) is 3.55. The van der Waals surface area contributed by atoms with Crippen molar-refractivity contribution in [3.63, 3.8) is 0 Å². The molecule has 4 aliphatic carbocycles. The molecule has 0 spiro atoms. The van der Waals surface area contributed by atoms with E-state index in [0.717, 1.165) is 25.2 Å². The largest absolute Gasteiger partial charge is 0.390 e. The van der Waals surface area contributed by atoms with Gasteiger partial charge in [0.25, 0.3) is 0 Å². The fraction of sp³-hybridized carbons (Fsp3) is 0.556. The first-order chi connectivity index (χ1) is 9.63. The molecule has 0 heterocycles. The van der Waals surface area contributed by atoms with Crippen LogP contribution in [0.4, 0.5) is 0 Å². The monoisotopic (exact) mass is 269 g/mol. The zero-order chi connectivity index (χ0) is 13.7. The number of hydrogen-bond donors (Lipinski definition) is 2. The Hall–Kier alpha value is -1.28. The summed E-state index contributed by atoms with van der Waals surface area (Å²) in [7, 11) is 0. The molecule has 2 saturated carbocycles. The van der Waals surface area contributed by atoms with E-state index in [1.54, 1.807) is 0 Å². The summed E-state index contributed by atoms with van der Waals surface area (Å²) in [6.45, 7) is 2.24. The van der Waals surface area contributed by atoms with Crippen LogP contribution in [0.25, 0.3) is 0 Å². The van der Waals surface area contributed by atoms with Crippen LogP contribution in [0.3, 0.4) is 0 Å². The first kappa shape index (κ1) is 12.5. The summed E-state index contributed by atoms with van der Waals surface area (Å²) in [5, 5.41) is 14.4. The third-order valence-corrected chi connectivity index (χ3v) is 5.45. The normalized spacial score (nSPS) is 36.3. The van der Waals surface area contributed by atoms with Crippen LogP contribution in [0.15, 0.2) is 41.6 Å². The van der Waals surface area contributed by atoms with Gasteiger partial charge in [0.15, 0.2) is 0 Å². The van der Waals surface area contributed by atoms with Gasteiger partial charge in [-0.25, -0.2) is 0 Å². The molecule has 2 heteroatoms. The Morgan fingerprint density at radius 3 is 2.75 bits per heavy atom. The minimum atomic E-state index is -0.373. The molecule has 0 unspecified atom stereocenters. The van der Waals surface area contributed by atoms with Gasteiger partial charge in [0.2, 0.25) is 0 Å². The summed E-state index contributed by atoms with van der Waals surface area (Å²) >= 11 is 0. The highest BCUT2D eigenvalue weighted by molar-refractivity contribution is 5.31. The van der Waals surface area contributed by atoms with Crippen LogP contribution in [0.2, 0.25) is 0 Å². The van der Waals surface area contributed by atoms with E-state index < -0.39 is 0 Å². The van der Waals surface area contributed by atoms with Crippen molar-refractivity contribution in [3.8, 4) is 0 Å². The van der Waals surface area contributed by atoms with E-state index in [9.17, 15) is 5.11 Å². The topological polar surface area (TPSA) is 32.3 Å². The molecule has 0 saturated heterocycles. The molecule has 4 bridgehead atoms. The van der Waals surface area contributed by atoms with Gasteiger partial charge in [-0.2, -0.15) is 0 Å². The molecule has 1 aromatic carbocycles. The van der Waals surface area contributed by atoms with Gasteiger partial charge >= 0.3 is 0 Å².